The number of urea groups is 1. The first kappa shape index (κ1) is 17.4. The third-order valence-corrected chi connectivity index (χ3v) is 4.00. The molecule has 0 saturated carbocycles. The largest absolute Gasteiger partial charge is 0.388 e. The van der Waals surface area contributed by atoms with Gasteiger partial charge in [0.25, 0.3) is 0 Å². The lowest BCUT2D eigenvalue weighted by Gasteiger charge is -2.29. The molecule has 0 bridgehead atoms. The molecule has 2 amide bonds. The average molecular weight is 293 g/mol. The Morgan fingerprint density at radius 2 is 1.71 bits per heavy atom. The van der Waals surface area contributed by atoms with Gasteiger partial charge in [0.2, 0.25) is 0 Å². The fourth-order valence-electron chi connectivity index (χ4n) is 1.73. The Bertz CT molecular complexity index is 456. The molecule has 0 aliphatic heterocycles. The number of carbonyl (C=O) groups is 1. The van der Waals surface area contributed by atoms with Gasteiger partial charge in [-0.05, 0) is 30.5 Å². The fourth-order valence-corrected chi connectivity index (χ4v) is 1.73. The molecule has 1 aromatic heterocycles. The maximum Gasteiger partial charge on any atom is 0.314 e. The van der Waals surface area contributed by atoms with Gasteiger partial charge in [0.05, 0.1) is 5.60 Å². The molecule has 1 rings (SSSR count). The molecule has 0 aromatic carbocycles. The number of aliphatic hydroxyl groups is 1. The number of nitrogens with one attached hydrogen (secondary N) is 2. The summed E-state index contributed by atoms with van der Waals surface area (Å²) in [4.78, 5) is 15.8. The van der Waals surface area contributed by atoms with E-state index in [2.05, 4.69) is 29.5 Å². The number of nitrogens with zero attached hydrogens (tertiary/aromatic N) is 1. The third-order valence-electron chi connectivity index (χ3n) is 4.00. The Labute approximate surface area is 127 Å². The first-order valence-corrected chi connectivity index (χ1v) is 7.30. The van der Waals surface area contributed by atoms with E-state index >= 15 is 0 Å². The first-order valence-electron chi connectivity index (χ1n) is 7.30. The highest BCUT2D eigenvalue weighted by Crippen LogP contribution is 2.21. The van der Waals surface area contributed by atoms with Crippen molar-refractivity contribution >= 4 is 6.03 Å². The van der Waals surface area contributed by atoms with E-state index in [4.69, 9.17) is 0 Å². The van der Waals surface area contributed by atoms with Crippen LogP contribution in [0.4, 0.5) is 4.79 Å². The van der Waals surface area contributed by atoms with Gasteiger partial charge in [-0.15, -0.1) is 0 Å². The van der Waals surface area contributed by atoms with Crippen LogP contribution in [0.25, 0.3) is 0 Å². The average Bonchev–Trinajstić information content (AvgIpc) is 2.44. The molecule has 1 unspecified atom stereocenters. The lowest BCUT2D eigenvalue weighted by Crippen LogP contribution is -2.49. The van der Waals surface area contributed by atoms with Gasteiger partial charge >= 0.3 is 6.03 Å². The number of aromatic nitrogens is 1. The van der Waals surface area contributed by atoms with E-state index in [-0.39, 0.29) is 23.9 Å². The van der Waals surface area contributed by atoms with Crippen molar-refractivity contribution in [2.45, 2.75) is 45.6 Å². The number of pyridine rings is 1. The number of hydrogen-bond acceptors (Lipinski definition) is 3. The van der Waals surface area contributed by atoms with E-state index < -0.39 is 5.60 Å². The van der Waals surface area contributed by atoms with Crippen molar-refractivity contribution in [2.24, 2.45) is 5.92 Å². The Morgan fingerprint density at radius 1 is 1.19 bits per heavy atom. The highest BCUT2D eigenvalue weighted by Gasteiger charge is 2.26. The van der Waals surface area contributed by atoms with Crippen molar-refractivity contribution in [1.82, 2.24) is 15.6 Å². The second-order valence-electron chi connectivity index (χ2n) is 6.67. The van der Waals surface area contributed by atoms with Crippen LogP contribution in [-0.4, -0.2) is 34.8 Å². The molecule has 118 valence electrons. The summed E-state index contributed by atoms with van der Waals surface area (Å²) < 4.78 is 0. The van der Waals surface area contributed by atoms with Gasteiger partial charge in [-0.1, -0.05) is 27.7 Å². The summed E-state index contributed by atoms with van der Waals surface area (Å²) >= 11 is 0. The van der Waals surface area contributed by atoms with Gasteiger partial charge in [-0.2, -0.15) is 0 Å². The molecular formula is C16H27N3O2. The predicted molar refractivity (Wildman–Crippen MR) is 84.1 cm³/mol. The van der Waals surface area contributed by atoms with Crippen LogP contribution < -0.4 is 10.6 Å². The number of rotatable bonds is 6. The van der Waals surface area contributed by atoms with Crippen molar-refractivity contribution in [3.05, 3.63) is 30.1 Å². The molecule has 3 N–H and O–H groups in total. The zero-order chi connectivity index (χ0) is 16.1. The number of carbonyl (C=O) groups excluding carboxylic acids is 1. The fraction of sp³-hybridized carbons (Fsp3) is 0.625. The number of hydrogen-bond donors (Lipinski definition) is 3. The quantitative estimate of drug-likeness (QED) is 0.751. The summed E-state index contributed by atoms with van der Waals surface area (Å²) in [6.45, 7) is 10.4. The van der Waals surface area contributed by atoms with Crippen molar-refractivity contribution in [2.75, 3.05) is 13.1 Å². The lowest BCUT2D eigenvalue weighted by atomic mass is 9.85. The van der Waals surface area contributed by atoms with E-state index in [0.717, 1.165) is 5.56 Å². The molecule has 0 saturated heterocycles. The van der Waals surface area contributed by atoms with Crippen LogP contribution in [0.3, 0.4) is 0 Å². The van der Waals surface area contributed by atoms with Crippen LogP contribution in [0.5, 0.6) is 0 Å². The molecule has 1 atom stereocenters. The van der Waals surface area contributed by atoms with E-state index in [1.165, 1.54) is 0 Å². The van der Waals surface area contributed by atoms with Crippen molar-refractivity contribution < 1.29 is 9.90 Å². The topological polar surface area (TPSA) is 74.2 Å². The maximum absolute atomic E-state index is 11.8. The second-order valence-corrected chi connectivity index (χ2v) is 6.67. The van der Waals surface area contributed by atoms with Gasteiger partial charge in [-0.3, -0.25) is 4.98 Å². The summed E-state index contributed by atoms with van der Waals surface area (Å²) in [5.74, 6) is 0.0751. The maximum atomic E-state index is 11.8. The van der Waals surface area contributed by atoms with Crippen LogP contribution >= 0.6 is 0 Å². The van der Waals surface area contributed by atoms with E-state index in [0.29, 0.717) is 6.54 Å². The van der Waals surface area contributed by atoms with Gasteiger partial charge in [0.15, 0.2) is 0 Å². The Kier molecular flexibility index (Phi) is 5.72. The molecular weight excluding hydrogens is 266 g/mol. The normalized spacial score (nSPS) is 14.6. The molecule has 5 heteroatoms. The number of amides is 2. The monoisotopic (exact) mass is 293 g/mol. The van der Waals surface area contributed by atoms with Crippen molar-refractivity contribution in [3.8, 4) is 0 Å². The minimum absolute atomic E-state index is 0.0751. The summed E-state index contributed by atoms with van der Waals surface area (Å²) in [5, 5.41) is 15.7. The summed E-state index contributed by atoms with van der Waals surface area (Å²) in [7, 11) is 0. The molecule has 21 heavy (non-hydrogen) atoms. The highest BCUT2D eigenvalue weighted by molar-refractivity contribution is 5.74. The molecule has 0 fully saturated rings. The predicted octanol–water partition coefficient (Wildman–Crippen LogP) is 2.07. The molecule has 0 radical (unpaired) electrons. The van der Waals surface area contributed by atoms with Crippen LogP contribution in [0.1, 0.15) is 40.2 Å². The smallest absolute Gasteiger partial charge is 0.314 e. The molecule has 5 nitrogen and oxygen atoms in total. The Balaban J connectivity index is 2.46. The zero-order valence-corrected chi connectivity index (χ0v) is 13.6. The van der Waals surface area contributed by atoms with E-state index in [1.807, 2.05) is 26.0 Å². The van der Waals surface area contributed by atoms with Gasteiger partial charge in [-0.25, -0.2) is 4.79 Å². The lowest BCUT2D eigenvalue weighted by molar-refractivity contribution is 0.0166. The van der Waals surface area contributed by atoms with Crippen LogP contribution in [0.2, 0.25) is 0 Å². The minimum atomic E-state index is -0.905. The summed E-state index contributed by atoms with van der Waals surface area (Å²) in [6, 6.07) is 3.63. The zero-order valence-electron chi connectivity index (χ0n) is 13.6. The SMILES string of the molecule is CC(C)C(C)(O)CNC(=O)NCC(C)(C)c1ccncc1. The first-order chi connectivity index (χ1) is 9.65. The molecule has 0 aliphatic rings. The second kappa shape index (κ2) is 6.89. The minimum Gasteiger partial charge on any atom is -0.388 e. The Morgan fingerprint density at radius 3 is 2.24 bits per heavy atom. The summed E-state index contributed by atoms with van der Waals surface area (Å²) in [5.41, 5.74) is 0.0331. The van der Waals surface area contributed by atoms with Gasteiger partial charge < -0.3 is 15.7 Å². The van der Waals surface area contributed by atoms with E-state index in [9.17, 15) is 9.90 Å². The third kappa shape index (κ3) is 5.34. The van der Waals surface area contributed by atoms with Crippen LogP contribution in [0, 0.1) is 5.92 Å². The van der Waals surface area contributed by atoms with Crippen molar-refractivity contribution in [1.29, 1.82) is 0 Å². The van der Waals surface area contributed by atoms with Crippen LogP contribution in [-0.2, 0) is 5.41 Å². The molecule has 0 spiro atoms. The highest BCUT2D eigenvalue weighted by atomic mass is 16.3. The van der Waals surface area contributed by atoms with Gasteiger partial charge in [0.1, 0.15) is 0 Å². The van der Waals surface area contributed by atoms with Crippen LogP contribution in [0.15, 0.2) is 24.5 Å². The van der Waals surface area contributed by atoms with Crippen molar-refractivity contribution in [3.63, 3.8) is 0 Å². The van der Waals surface area contributed by atoms with Gasteiger partial charge in [0, 0.05) is 30.9 Å². The standard InChI is InChI=1S/C16H27N3O2/c1-12(2)16(5,21)11-19-14(20)18-10-15(3,4)13-6-8-17-9-7-13/h6-9,12,21H,10-11H2,1-5H3,(H2,18,19,20). The Hall–Kier alpha value is -1.62. The van der Waals surface area contributed by atoms with E-state index in [1.54, 1.807) is 19.3 Å². The summed E-state index contributed by atoms with van der Waals surface area (Å²) in [6.07, 6.45) is 3.49. The molecule has 0 aliphatic carbocycles. The molecule has 1 heterocycles. The molecule has 1 aromatic rings.